The summed E-state index contributed by atoms with van der Waals surface area (Å²) in [6.45, 7) is 5.37. The van der Waals surface area contributed by atoms with Crippen LogP contribution in [0.25, 0.3) is 0 Å². The van der Waals surface area contributed by atoms with Crippen LogP contribution in [0.2, 0.25) is 5.02 Å². The van der Waals surface area contributed by atoms with Crippen LogP contribution in [0.15, 0.2) is 30.6 Å². The Hall–Kier alpha value is -1.79. The van der Waals surface area contributed by atoms with Gasteiger partial charge in [0.25, 0.3) is 0 Å². The molecule has 164 valence electrons. The van der Waals surface area contributed by atoms with E-state index in [1.165, 1.54) is 17.7 Å². The SMILES string of the molecule is CC1SCc2ncnc(N3CCN(C(=O)C4(c5ccc(Cl)cc5)CCCCC4)CC3)c21. The first-order valence-electron chi connectivity index (χ1n) is 11.3. The van der Waals surface area contributed by atoms with Crippen molar-refractivity contribution in [1.29, 1.82) is 0 Å². The number of piperazine rings is 1. The largest absolute Gasteiger partial charge is 0.353 e. The van der Waals surface area contributed by atoms with E-state index in [1.807, 2.05) is 23.9 Å². The third kappa shape index (κ3) is 3.82. The zero-order chi connectivity index (χ0) is 21.4. The summed E-state index contributed by atoms with van der Waals surface area (Å²) < 4.78 is 0. The van der Waals surface area contributed by atoms with Crippen molar-refractivity contribution in [3.05, 3.63) is 52.4 Å². The van der Waals surface area contributed by atoms with E-state index >= 15 is 0 Å². The van der Waals surface area contributed by atoms with Gasteiger partial charge in [0.05, 0.1) is 11.1 Å². The predicted molar refractivity (Wildman–Crippen MR) is 127 cm³/mol. The summed E-state index contributed by atoms with van der Waals surface area (Å²) in [4.78, 5) is 27.5. The predicted octanol–water partition coefficient (Wildman–Crippen LogP) is 4.99. The first-order chi connectivity index (χ1) is 15.1. The molecule has 31 heavy (non-hydrogen) atoms. The highest BCUT2D eigenvalue weighted by Crippen LogP contribution is 2.45. The maximum atomic E-state index is 13.9. The van der Waals surface area contributed by atoms with Crippen molar-refractivity contribution >= 4 is 35.1 Å². The highest BCUT2D eigenvalue weighted by molar-refractivity contribution is 7.99. The van der Waals surface area contributed by atoms with E-state index in [0.717, 1.165) is 74.0 Å². The number of fused-ring (bicyclic) bond motifs is 1. The minimum Gasteiger partial charge on any atom is -0.353 e. The van der Waals surface area contributed by atoms with E-state index < -0.39 is 5.41 Å². The number of benzene rings is 1. The Morgan fingerprint density at radius 3 is 2.48 bits per heavy atom. The molecule has 5 rings (SSSR count). The third-order valence-corrected chi connectivity index (χ3v) is 8.63. The normalized spacial score (nSPS) is 23.0. The molecular weight excluding hydrogens is 428 g/mol. The van der Waals surface area contributed by atoms with E-state index in [2.05, 4.69) is 38.8 Å². The Balaban J connectivity index is 1.35. The number of halogens is 1. The molecule has 2 aliphatic heterocycles. The molecule has 1 amide bonds. The van der Waals surface area contributed by atoms with E-state index in [1.54, 1.807) is 6.33 Å². The number of hydrogen-bond donors (Lipinski definition) is 0. The third-order valence-electron chi connectivity index (χ3n) is 7.20. The summed E-state index contributed by atoms with van der Waals surface area (Å²) in [6.07, 6.45) is 6.99. The van der Waals surface area contributed by atoms with Crippen LogP contribution in [-0.2, 0) is 16.0 Å². The lowest BCUT2D eigenvalue weighted by atomic mass is 9.68. The maximum absolute atomic E-state index is 13.9. The highest BCUT2D eigenvalue weighted by Gasteiger charge is 2.44. The van der Waals surface area contributed by atoms with Crippen LogP contribution in [0.1, 0.15) is 61.1 Å². The van der Waals surface area contributed by atoms with Crippen LogP contribution in [0, 0.1) is 0 Å². The van der Waals surface area contributed by atoms with E-state index in [4.69, 9.17) is 11.6 Å². The van der Waals surface area contributed by atoms with Crippen LogP contribution in [-0.4, -0.2) is 47.0 Å². The molecule has 2 aromatic rings. The van der Waals surface area contributed by atoms with Crippen LogP contribution >= 0.6 is 23.4 Å². The summed E-state index contributed by atoms with van der Waals surface area (Å²) in [5.41, 5.74) is 3.19. The van der Waals surface area contributed by atoms with Gasteiger partial charge in [-0.05, 0) is 37.5 Å². The Morgan fingerprint density at radius 1 is 1.06 bits per heavy atom. The second kappa shape index (κ2) is 8.62. The second-order valence-electron chi connectivity index (χ2n) is 8.94. The lowest BCUT2D eigenvalue weighted by molar-refractivity contribution is -0.139. The van der Waals surface area contributed by atoms with Crippen molar-refractivity contribution < 1.29 is 4.79 Å². The van der Waals surface area contributed by atoms with Gasteiger partial charge >= 0.3 is 0 Å². The Morgan fingerprint density at radius 2 is 1.77 bits per heavy atom. The topological polar surface area (TPSA) is 49.3 Å². The summed E-state index contributed by atoms with van der Waals surface area (Å²) in [7, 11) is 0. The zero-order valence-electron chi connectivity index (χ0n) is 18.0. The fraction of sp³-hybridized carbons (Fsp3) is 0.542. The van der Waals surface area contributed by atoms with E-state index in [9.17, 15) is 4.79 Å². The molecule has 2 fully saturated rings. The Labute approximate surface area is 193 Å². The number of anilines is 1. The van der Waals surface area contributed by atoms with Gasteiger partial charge in [-0.3, -0.25) is 4.79 Å². The molecule has 0 spiro atoms. The molecular formula is C24H29ClN4OS. The van der Waals surface area contributed by atoms with Crippen LogP contribution in [0.3, 0.4) is 0 Å². The average molecular weight is 457 g/mol. The number of carbonyl (C=O) groups excluding carboxylic acids is 1. The van der Waals surface area contributed by atoms with Crippen molar-refractivity contribution in [3.63, 3.8) is 0 Å². The molecule has 3 heterocycles. The fourth-order valence-corrected chi connectivity index (χ4v) is 6.64. The molecule has 3 aliphatic rings. The smallest absolute Gasteiger partial charge is 0.233 e. The number of hydrogen-bond acceptors (Lipinski definition) is 5. The van der Waals surface area contributed by atoms with Gasteiger partial charge in [0, 0.05) is 47.8 Å². The van der Waals surface area contributed by atoms with Gasteiger partial charge < -0.3 is 9.80 Å². The Bertz CT molecular complexity index is 953. The van der Waals surface area contributed by atoms with Crippen molar-refractivity contribution in [2.24, 2.45) is 0 Å². The molecule has 1 atom stereocenters. The lowest BCUT2D eigenvalue weighted by Gasteiger charge is -2.43. The minimum absolute atomic E-state index is 0.297. The number of aromatic nitrogens is 2. The number of amides is 1. The first kappa shape index (κ1) is 21.1. The number of thioether (sulfide) groups is 1. The summed E-state index contributed by atoms with van der Waals surface area (Å²) >= 11 is 8.06. The van der Waals surface area contributed by atoms with Crippen molar-refractivity contribution in [1.82, 2.24) is 14.9 Å². The molecule has 7 heteroatoms. The van der Waals surface area contributed by atoms with Crippen LogP contribution < -0.4 is 4.90 Å². The van der Waals surface area contributed by atoms with Crippen molar-refractivity contribution in [2.45, 2.75) is 55.4 Å². The number of carbonyl (C=O) groups is 1. The molecule has 1 aromatic heterocycles. The van der Waals surface area contributed by atoms with Gasteiger partial charge in [-0.1, -0.05) is 43.0 Å². The molecule has 1 aromatic carbocycles. The van der Waals surface area contributed by atoms with Gasteiger partial charge in [-0.2, -0.15) is 0 Å². The standard InChI is InChI=1S/C24H29ClN4OS/c1-17-21-20(15-31-17)26-16-27-22(21)28-11-13-29(14-12-28)23(30)24(9-3-2-4-10-24)18-5-7-19(25)8-6-18/h5-8,16-17H,2-4,9-15H2,1H3. The van der Waals surface area contributed by atoms with Crippen LogP contribution in [0.4, 0.5) is 5.82 Å². The second-order valence-corrected chi connectivity index (χ2v) is 10.7. The molecule has 0 bridgehead atoms. The Kier molecular flexibility index (Phi) is 5.86. The highest BCUT2D eigenvalue weighted by atomic mass is 35.5. The molecule has 0 radical (unpaired) electrons. The number of nitrogens with zero attached hydrogens (tertiary/aromatic N) is 4. The molecule has 1 saturated carbocycles. The molecule has 1 aliphatic carbocycles. The maximum Gasteiger partial charge on any atom is 0.233 e. The van der Waals surface area contributed by atoms with Crippen molar-refractivity contribution in [3.8, 4) is 0 Å². The van der Waals surface area contributed by atoms with Gasteiger partial charge in [0.1, 0.15) is 12.1 Å². The summed E-state index contributed by atoms with van der Waals surface area (Å²) in [6, 6.07) is 7.97. The lowest BCUT2D eigenvalue weighted by Crippen LogP contribution is -2.55. The van der Waals surface area contributed by atoms with Crippen LogP contribution in [0.5, 0.6) is 0 Å². The van der Waals surface area contributed by atoms with Gasteiger partial charge in [-0.15, -0.1) is 11.8 Å². The summed E-state index contributed by atoms with van der Waals surface area (Å²) in [5, 5.41) is 1.15. The van der Waals surface area contributed by atoms with Crippen molar-refractivity contribution in [2.75, 3.05) is 31.1 Å². The monoisotopic (exact) mass is 456 g/mol. The molecule has 5 nitrogen and oxygen atoms in total. The summed E-state index contributed by atoms with van der Waals surface area (Å²) in [5.74, 6) is 2.33. The minimum atomic E-state index is -0.397. The zero-order valence-corrected chi connectivity index (χ0v) is 19.6. The molecule has 1 saturated heterocycles. The van der Waals surface area contributed by atoms with Gasteiger partial charge in [0.2, 0.25) is 5.91 Å². The first-order valence-corrected chi connectivity index (χ1v) is 12.8. The fourth-order valence-electron chi connectivity index (χ4n) is 5.47. The van der Waals surface area contributed by atoms with E-state index in [0.29, 0.717) is 11.2 Å². The molecule has 1 unspecified atom stereocenters. The van der Waals surface area contributed by atoms with Gasteiger partial charge in [-0.25, -0.2) is 9.97 Å². The van der Waals surface area contributed by atoms with Gasteiger partial charge in [0.15, 0.2) is 0 Å². The van der Waals surface area contributed by atoms with E-state index in [-0.39, 0.29) is 0 Å². The molecule has 0 N–H and O–H groups in total. The average Bonchev–Trinajstić information content (AvgIpc) is 3.21. The number of rotatable bonds is 3. The quantitative estimate of drug-likeness (QED) is 0.651.